The minimum Gasteiger partial charge on any atom is -0.444 e. The van der Waals surface area contributed by atoms with E-state index in [0.717, 1.165) is 10.5 Å². The molecule has 1 unspecified atom stereocenters. The Kier molecular flexibility index (Phi) is 13.7. The molecule has 264 valence electrons. The second kappa shape index (κ2) is 18.1. The number of carbonyl (C=O) groups excluding carboxylic acids is 6. The quantitative estimate of drug-likeness (QED) is 0.111. The number of fused-ring (bicyclic) bond motifs is 1. The molecule has 0 fully saturated rings. The summed E-state index contributed by atoms with van der Waals surface area (Å²) in [5, 5.41) is 4.52. The SMILES string of the molecule is CNC(=O)[C@H](Cc1ccccc1)N(C(=O)OCc1ccccc1)C(=O)[C@H](CC(C)C)NC(=O)C(S)CCCCN1C(=O)c2ccccc2C1=O. The molecule has 3 aromatic rings. The normalized spacial score (nSPS) is 14.1. The molecule has 6 amide bonds. The summed E-state index contributed by atoms with van der Waals surface area (Å²) < 4.78 is 5.58. The van der Waals surface area contributed by atoms with Crippen molar-refractivity contribution in [3.63, 3.8) is 0 Å². The Labute approximate surface area is 298 Å². The van der Waals surface area contributed by atoms with Crippen LogP contribution >= 0.6 is 12.6 Å². The van der Waals surface area contributed by atoms with E-state index in [1.165, 1.54) is 11.9 Å². The van der Waals surface area contributed by atoms with Crippen LogP contribution in [0.2, 0.25) is 0 Å². The number of hydrogen-bond donors (Lipinski definition) is 3. The first-order chi connectivity index (χ1) is 24.0. The van der Waals surface area contributed by atoms with Gasteiger partial charge in [-0.15, -0.1) is 0 Å². The monoisotopic (exact) mass is 700 g/mol. The van der Waals surface area contributed by atoms with Gasteiger partial charge < -0.3 is 15.4 Å². The first-order valence-electron chi connectivity index (χ1n) is 16.7. The summed E-state index contributed by atoms with van der Waals surface area (Å²) in [4.78, 5) is 82.2. The summed E-state index contributed by atoms with van der Waals surface area (Å²) in [5.74, 6) is -2.62. The second-order valence-corrected chi connectivity index (χ2v) is 13.2. The number of hydrogen-bond acceptors (Lipinski definition) is 8. The smallest absolute Gasteiger partial charge is 0.417 e. The highest BCUT2D eigenvalue weighted by Gasteiger charge is 2.40. The molecule has 0 aromatic heterocycles. The molecule has 0 saturated carbocycles. The summed E-state index contributed by atoms with van der Waals surface area (Å²) in [6, 6.07) is 22.2. The maximum absolute atomic E-state index is 14.3. The third-order valence-corrected chi connectivity index (χ3v) is 8.88. The van der Waals surface area contributed by atoms with Crippen molar-refractivity contribution in [3.8, 4) is 0 Å². The van der Waals surface area contributed by atoms with Crippen molar-refractivity contribution in [2.24, 2.45) is 5.92 Å². The zero-order valence-electron chi connectivity index (χ0n) is 28.5. The molecule has 0 spiro atoms. The summed E-state index contributed by atoms with van der Waals surface area (Å²) in [7, 11) is 1.42. The van der Waals surface area contributed by atoms with Crippen LogP contribution in [0.1, 0.15) is 71.4 Å². The van der Waals surface area contributed by atoms with Crippen molar-refractivity contribution < 1.29 is 33.5 Å². The Morgan fingerprint density at radius 1 is 0.800 bits per heavy atom. The number of nitrogens with zero attached hydrogens (tertiary/aromatic N) is 2. The van der Waals surface area contributed by atoms with Gasteiger partial charge in [-0.3, -0.25) is 28.9 Å². The molecule has 1 heterocycles. The highest BCUT2D eigenvalue weighted by atomic mass is 32.1. The van der Waals surface area contributed by atoms with Crippen LogP contribution in [0, 0.1) is 5.92 Å². The average molecular weight is 701 g/mol. The van der Waals surface area contributed by atoms with Crippen molar-refractivity contribution in [2.45, 2.75) is 69.9 Å². The zero-order chi connectivity index (χ0) is 36.2. The fraction of sp³-hybridized carbons (Fsp3) is 0.368. The first-order valence-corrected chi connectivity index (χ1v) is 17.3. The zero-order valence-corrected chi connectivity index (χ0v) is 29.4. The molecule has 12 heteroatoms. The molecule has 4 rings (SSSR count). The van der Waals surface area contributed by atoms with Gasteiger partial charge in [0.25, 0.3) is 17.7 Å². The highest BCUT2D eigenvalue weighted by molar-refractivity contribution is 7.81. The van der Waals surface area contributed by atoms with Crippen molar-refractivity contribution in [3.05, 3.63) is 107 Å². The Balaban J connectivity index is 1.46. The lowest BCUT2D eigenvalue weighted by molar-refractivity contribution is -0.141. The highest BCUT2D eigenvalue weighted by Crippen LogP contribution is 2.23. The number of nitrogens with one attached hydrogen (secondary N) is 2. The molecule has 1 aliphatic rings. The van der Waals surface area contributed by atoms with Crippen LogP contribution in [0.15, 0.2) is 84.9 Å². The molecular weight excluding hydrogens is 657 g/mol. The van der Waals surface area contributed by atoms with E-state index in [-0.39, 0.29) is 43.7 Å². The lowest BCUT2D eigenvalue weighted by atomic mass is 9.99. The van der Waals surface area contributed by atoms with E-state index in [0.29, 0.717) is 36.0 Å². The number of thiol groups is 1. The summed E-state index contributed by atoms with van der Waals surface area (Å²) in [5.41, 5.74) is 2.17. The Morgan fingerprint density at radius 2 is 1.36 bits per heavy atom. The number of imide groups is 2. The number of carbonyl (C=O) groups is 6. The molecule has 0 radical (unpaired) electrons. The van der Waals surface area contributed by atoms with Crippen molar-refractivity contribution in [1.29, 1.82) is 0 Å². The van der Waals surface area contributed by atoms with Crippen LogP contribution in [0.4, 0.5) is 4.79 Å². The predicted octanol–water partition coefficient (Wildman–Crippen LogP) is 4.80. The van der Waals surface area contributed by atoms with Crippen LogP contribution in [-0.4, -0.2) is 76.4 Å². The summed E-state index contributed by atoms with van der Waals surface area (Å²) >= 11 is 4.50. The van der Waals surface area contributed by atoms with E-state index >= 15 is 0 Å². The van der Waals surface area contributed by atoms with Crippen LogP contribution in [0.3, 0.4) is 0 Å². The van der Waals surface area contributed by atoms with E-state index in [1.54, 1.807) is 72.8 Å². The number of amides is 6. The molecule has 2 N–H and O–H groups in total. The Morgan fingerprint density at radius 3 is 1.92 bits per heavy atom. The average Bonchev–Trinajstić information content (AvgIpc) is 3.36. The number of ether oxygens (including phenoxy) is 1. The van der Waals surface area contributed by atoms with E-state index in [9.17, 15) is 28.8 Å². The summed E-state index contributed by atoms with van der Waals surface area (Å²) in [6.07, 6.45) is 0.431. The molecule has 3 aromatic carbocycles. The van der Waals surface area contributed by atoms with Crippen molar-refractivity contribution >= 4 is 48.3 Å². The maximum Gasteiger partial charge on any atom is 0.417 e. The van der Waals surface area contributed by atoms with Gasteiger partial charge in [-0.25, -0.2) is 9.69 Å². The van der Waals surface area contributed by atoms with Gasteiger partial charge in [-0.05, 0) is 48.4 Å². The standard InChI is InChI=1S/C38H44N4O7S/c1-25(2)22-30(40-34(44)32(50)20-12-13-21-41-35(45)28-18-10-11-19-29(28)36(41)46)37(47)42(38(48)49-24-27-16-8-5-9-17-27)31(33(43)39-3)23-26-14-6-4-7-15-26/h4-11,14-19,25,30-32,50H,12-13,20-24H2,1-3H3,(H,39,43)(H,40,44)/t30-,31-,32?/m0/s1. The van der Waals surface area contributed by atoms with Gasteiger partial charge >= 0.3 is 6.09 Å². The maximum atomic E-state index is 14.3. The van der Waals surface area contributed by atoms with Gasteiger partial charge in [0, 0.05) is 20.0 Å². The minimum atomic E-state index is -1.27. The molecule has 0 aliphatic carbocycles. The predicted molar refractivity (Wildman–Crippen MR) is 191 cm³/mol. The van der Waals surface area contributed by atoms with Crippen molar-refractivity contribution in [1.82, 2.24) is 20.4 Å². The molecule has 0 saturated heterocycles. The fourth-order valence-corrected chi connectivity index (χ4v) is 6.03. The van der Waals surface area contributed by atoms with Gasteiger partial charge in [-0.2, -0.15) is 12.6 Å². The van der Waals surface area contributed by atoms with E-state index in [4.69, 9.17) is 4.74 Å². The number of unbranched alkanes of at least 4 members (excludes halogenated alkanes) is 1. The largest absolute Gasteiger partial charge is 0.444 e. The van der Waals surface area contributed by atoms with Gasteiger partial charge in [-0.1, -0.05) is 93.1 Å². The van der Waals surface area contributed by atoms with E-state index < -0.39 is 41.1 Å². The molecule has 50 heavy (non-hydrogen) atoms. The number of rotatable bonds is 16. The Bertz CT molecular complexity index is 1630. The third kappa shape index (κ3) is 9.81. The van der Waals surface area contributed by atoms with Crippen molar-refractivity contribution in [2.75, 3.05) is 13.6 Å². The van der Waals surface area contributed by atoms with Gasteiger partial charge in [0.05, 0.1) is 16.4 Å². The van der Waals surface area contributed by atoms with Crippen LogP contribution < -0.4 is 10.6 Å². The fourth-order valence-electron chi connectivity index (χ4n) is 5.77. The third-order valence-electron chi connectivity index (χ3n) is 8.38. The lowest BCUT2D eigenvalue weighted by Gasteiger charge is -2.32. The Hall–Kier alpha value is -4.97. The topological polar surface area (TPSA) is 142 Å². The van der Waals surface area contributed by atoms with Gasteiger partial charge in [0.2, 0.25) is 11.8 Å². The molecule has 0 bridgehead atoms. The molecular formula is C38H44N4O7S. The number of benzene rings is 3. The summed E-state index contributed by atoms with van der Waals surface area (Å²) in [6.45, 7) is 3.82. The van der Waals surface area contributed by atoms with Crippen LogP contribution in [-0.2, 0) is 32.1 Å². The van der Waals surface area contributed by atoms with Gasteiger partial charge in [0.1, 0.15) is 18.7 Å². The van der Waals surface area contributed by atoms with Gasteiger partial charge in [0.15, 0.2) is 0 Å². The first kappa shape index (κ1) is 37.8. The van der Waals surface area contributed by atoms with Crippen LogP contribution in [0.5, 0.6) is 0 Å². The second-order valence-electron chi connectivity index (χ2n) is 12.6. The molecule has 3 atom stereocenters. The van der Waals surface area contributed by atoms with E-state index in [1.807, 2.05) is 26.0 Å². The number of likely N-dealkylation sites (N-methyl/N-ethyl adjacent to an activating group) is 1. The minimum absolute atomic E-state index is 0.0251. The lowest BCUT2D eigenvalue weighted by Crippen LogP contribution is -2.59. The van der Waals surface area contributed by atoms with Crippen LogP contribution in [0.25, 0.3) is 0 Å². The molecule has 11 nitrogen and oxygen atoms in total. The van der Waals surface area contributed by atoms with E-state index in [2.05, 4.69) is 23.3 Å². The molecule has 1 aliphatic heterocycles.